The lowest BCUT2D eigenvalue weighted by molar-refractivity contribution is -0.274. The average Bonchev–Trinajstić information content (AvgIpc) is 3.42. The number of ether oxygens (including phenoxy) is 2. The summed E-state index contributed by atoms with van der Waals surface area (Å²) in [4.78, 5) is 35.9. The molecule has 1 aliphatic heterocycles. The Bertz CT molecular complexity index is 1790. The highest BCUT2D eigenvalue weighted by atomic mass is 32.2. The second-order valence-electron chi connectivity index (χ2n) is 11.1. The molecule has 0 bridgehead atoms. The molecule has 10 nitrogen and oxygen atoms in total. The molecule has 3 aromatic carbocycles. The molecule has 6 rings (SSSR count). The van der Waals surface area contributed by atoms with Gasteiger partial charge in [0.1, 0.15) is 17.8 Å². The molecule has 2 atom stereocenters. The number of nitrogens with zero attached hydrogens (tertiary/aromatic N) is 5. The number of carbonyl (C=O) groups excluding carboxylic acids is 2. The minimum Gasteiger partial charge on any atom is -0.497 e. The van der Waals surface area contributed by atoms with E-state index in [0.29, 0.717) is 28.1 Å². The zero-order chi connectivity index (χ0) is 32.6. The molecule has 2 aliphatic rings. The van der Waals surface area contributed by atoms with E-state index in [1.807, 2.05) is 50.2 Å². The number of halogens is 3. The Balaban J connectivity index is 1.09. The van der Waals surface area contributed by atoms with Crippen LogP contribution in [0.3, 0.4) is 0 Å². The standard InChI is InChI=1S/C32H29F3N6O4S/c1-18(2)24-13-12-23(44-3)14-27(24)41-28(42)16-46-31(41)38-30(43)37-26-15-25(26)19-4-6-20(7-5-19)29-36-17-40(39-29)21-8-10-22(11-9-21)45-32(33,34)35/h4-14,17-18,25-26H,15-16H2,1-3H3,(H,37,43). The van der Waals surface area contributed by atoms with Gasteiger partial charge in [-0.25, -0.2) is 14.5 Å². The number of hydrogen-bond acceptors (Lipinski definition) is 7. The largest absolute Gasteiger partial charge is 0.573 e. The number of urea groups is 1. The van der Waals surface area contributed by atoms with E-state index in [1.165, 1.54) is 51.9 Å². The van der Waals surface area contributed by atoms with Gasteiger partial charge in [0.2, 0.25) is 5.91 Å². The molecule has 0 radical (unpaired) electrons. The number of carbonyl (C=O) groups is 2. The first-order valence-electron chi connectivity index (χ1n) is 14.4. The SMILES string of the molecule is COc1ccc(C(C)C)c(N2C(=O)CSC2=NC(=O)NC2CC2c2ccc(-c3ncn(-c4ccc(OC(F)(F)F)cc4)n3)cc2)c1. The van der Waals surface area contributed by atoms with Crippen molar-refractivity contribution in [3.8, 4) is 28.6 Å². The number of amides is 3. The zero-order valence-electron chi connectivity index (χ0n) is 25.0. The number of aromatic nitrogens is 3. The fraction of sp³-hybridized carbons (Fsp3) is 0.281. The molecule has 1 aromatic heterocycles. The normalized spacial score (nSPS) is 18.7. The van der Waals surface area contributed by atoms with Crippen molar-refractivity contribution in [1.29, 1.82) is 0 Å². The van der Waals surface area contributed by atoms with E-state index in [1.54, 1.807) is 13.2 Å². The summed E-state index contributed by atoms with van der Waals surface area (Å²) in [5.41, 5.74) is 3.93. The van der Waals surface area contributed by atoms with Crippen LogP contribution < -0.4 is 19.7 Å². The summed E-state index contributed by atoms with van der Waals surface area (Å²) in [6.07, 6.45) is -2.53. The molecule has 0 spiro atoms. The first-order chi connectivity index (χ1) is 22.0. The van der Waals surface area contributed by atoms with Crippen molar-refractivity contribution in [1.82, 2.24) is 20.1 Å². The number of anilines is 1. The Morgan fingerprint density at radius 2 is 1.78 bits per heavy atom. The number of rotatable bonds is 8. The summed E-state index contributed by atoms with van der Waals surface area (Å²) in [5, 5.41) is 7.73. The van der Waals surface area contributed by atoms with Gasteiger partial charge < -0.3 is 14.8 Å². The summed E-state index contributed by atoms with van der Waals surface area (Å²) in [5.74, 6) is 1.03. The highest BCUT2D eigenvalue weighted by molar-refractivity contribution is 8.15. The van der Waals surface area contributed by atoms with E-state index in [4.69, 9.17) is 4.74 Å². The van der Waals surface area contributed by atoms with Crippen LogP contribution in [0, 0.1) is 0 Å². The Morgan fingerprint density at radius 1 is 1.07 bits per heavy atom. The maximum atomic E-state index is 12.9. The lowest BCUT2D eigenvalue weighted by atomic mass is 10.00. The fourth-order valence-corrected chi connectivity index (χ4v) is 6.07. The van der Waals surface area contributed by atoms with Gasteiger partial charge in [0.15, 0.2) is 11.0 Å². The van der Waals surface area contributed by atoms with Crippen LogP contribution in [0.25, 0.3) is 17.1 Å². The quantitative estimate of drug-likeness (QED) is 0.227. The number of amidine groups is 1. The van der Waals surface area contributed by atoms with E-state index in [2.05, 4.69) is 25.1 Å². The highest BCUT2D eigenvalue weighted by Crippen LogP contribution is 2.41. The number of alkyl halides is 3. The molecule has 1 aliphatic carbocycles. The van der Waals surface area contributed by atoms with Crippen molar-refractivity contribution in [2.24, 2.45) is 4.99 Å². The highest BCUT2D eigenvalue weighted by Gasteiger charge is 2.40. The molecule has 2 heterocycles. The molecule has 2 unspecified atom stereocenters. The second kappa shape index (κ2) is 12.5. The number of hydrogen-bond donors (Lipinski definition) is 1. The lowest BCUT2D eigenvalue weighted by Gasteiger charge is -2.22. The summed E-state index contributed by atoms with van der Waals surface area (Å²) in [7, 11) is 1.56. The van der Waals surface area contributed by atoms with Crippen molar-refractivity contribution in [3.05, 3.63) is 84.2 Å². The molecule has 4 aromatic rings. The van der Waals surface area contributed by atoms with Crippen molar-refractivity contribution in [3.63, 3.8) is 0 Å². The van der Waals surface area contributed by atoms with Crippen LogP contribution >= 0.6 is 11.8 Å². The minimum atomic E-state index is -4.76. The number of methoxy groups -OCH3 is 1. The molecule has 2 fully saturated rings. The van der Waals surface area contributed by atoms with Crippen LogP contribution in [-0.4, -0.2) is 57.1 Å². The summed E-state index contributed by atoms with van der Waals surface area (Å²) in [6, 6.07) is 18.0. The third-order valence-electron chi connectivity index (χ3n) is 7.59. The van der Waals surface area contributed by atoms with Crippen LogP contribution in [0.5, 0.6) is 11.5 Å². The molecule has 3 amide bonds. The van der Waals surface area contributed by atoms with E-state index >= 15 is 0 Å². The number of nitrogens with one attached hydrogen (secondary N) is 1. The second-order valence-corrected chi connectivity index (χ2v) is 12.0. The van der Waals surface area contributed by atoms with E-state index in [9.17, 15) is 22.8 Å². The number of thioether (sulfide) groups is 1. The Hall–Kier alpha value is -4.85. The summed E-state index contributed by atoms with van der Waals surface area (Å²) >= 11 is 1.23. The molecule has 14 heteroatoms. The van der Waals surface area contributed by atoms with E-state index < -0.39 is 12.4 Å². The molecule has 1 saturated heterocycles. The first kappa shape index (κ1) is 31.1. The monoisotopic (exact) mass is 650 g/mol. The third kappa shape index (κ3) is 6.86. The van der Waals surface area contributed by atoms with E-state index in [0.717, 1.165) is 23.1 Å². The molecular formula is C32H29F3N6O4S. The third-order valence-corrected chi connectivity index (χ3v) is 8.51. The molecule has 1 saturated carbocycles. The number of aliphatic imine (C=N–C) groups is 1. The van der Waals surface area contributed by atoms with Gasteiger partial charge in [-0.3, -0.25) is 9.69 Å². The van der Waals surface area contributed by atoms with Crippen LogP contribution in [0.4, 0.5) is 23.7 Å². The molecule has 46 heavy (non-hydrogen) atoms. The minimum absolute atomic E-state index is 0.0945. The van der Waals surface area contributed by atoms with Crippen LogP contribution in [0.1, 0.15) is 43.2 Å². The van der Waals surface area contributed by atoms with Crippen LogP contribution in [-0.2, 0) is 4.79 Å². The van der Waals surface area contributed by atoms with Gasteiger partial charge >= 0.3 is 12.4 Å². The van der Waals surface area contributed by atoms with Gasteiger partial charge in [0.05, 0.1) is 24.2 Å². The first-order valence-corrected chi connectivity index (χ1v) is 15.4. The van der Waals surface area contributed by atoms with Crippen molar-refractivity contribution in [2.45, 2.75) is 44.5 Å². The topological polar surface area (TPSA) is 111 Å². The summed E-state index contributed by atoms with van der Waals surface area (Å²) in [6.45, 7) is 4.07. The fourth-order valence-electron chi connectivity index (χ4n) is 5.21. The van der Waals surface area contributed by atoms with Gasteiger partial charge in [-0.15, -0.1) is 18.3 Å². The van der Waals surface area contributed by atoms with Crippen LogP contribution in [0.15, 0.2) is 78.0 Å². The van der Waals surface area contributed by atoms with Gasteiger partial charge in [-0.05, 0) is 53.8 Å². The smallest absolute Gasteiger partial charge is 0.497 e. The van der Waals surface area contributed by atoms with Crippen LogP contribution in [0.2, 0.25) is 0 Å². The number of benzene rings is 3. The Morgan fingerprint density at radius 3 is 2.46 bits per heavy atom. The maximum absolute atomic E-state index is 12.9. The average molecular weight is 651 g/mol. The van der Waals surface area contributed by atoms with Gasteiger partial charge in [0, 0.05) is 23.6 Å². The predicted molar refractivity (Wildman–Crippen MR) is 168 cm³/mol. The molecule has 238 valence electrons. The lowest BCUT2D eigenvalue weighted by Crippen LogP contribution is -2.32. The van der Waals surface area contributed by atoms with E-state index in [-0.39, 0.29) is 35.3 Å². The van der Waals surface area contributed by atoms with Gasteiger partial charge in [0.25, 0.3) is 0 Å². The predicted octanol–water partition coefficient (Wildman–Crippen LogP) is 6.67. The van der Waals surface area contributed by atoms with Crippen molar-refractivity contribution < 1.29 is 32.2 Å². The Labute approximate surface area is 266 Å². The summed E-state index contributed by atoms with van der Waals surface area (Å²) < 4.78 is 48.0. The molecule has 1 N–H and O–H groups in total. The molecular weight excluding hydrogens is 621 g/mol. The Kier molecular flexibility index (Phi) is 8.47. The van der Waals surface area contributed by atoms with Gasteiger partial charge in [-0.2, -0.15) is 4.99 Å². The zero-order valence-corrected chi connectivity index (χ0v) is 25.8. The van der Waals surface area contributed by atoms with Crippen molar-refractivity contribution in [2.75, 3.05) is 17.8 Å². The van der Waals surface area contributed by atoms with Crippen molar-refractivity contribution >= 4 is 34.6 Å². The van der Waals surface area contributed by atoms with Gasteiger partial charge in [-0.1, -0.05) is 55.9 Å². The maximum Gasteiger partial charge on any atom is 0.573 e.